The highest BCUT2D eigenvalue weighted by Gasteiger charge is 2.15. The minimum atomic E-state index is 1.12. The molecule has 0 heterocycles. The lowest BCUT2D eigenvalue weighted by atomic mass is 9.82. The molecule has 9 heavy (non-hydrogen) atoms. The minimum Gasteiger partial charge on any atom is -0.0623 e. The third-order valence-electron chi connectivity index (χ3n) is 2.33. The van der Waals surface area contributed by atoms with E-state index in [1.807, 2.05) is 0 Å². The average molecular weight is 125 g/mol. The molecule has 0 N–H and O–H groups in total. The summed E-state index contributed by atoms with van der Waals surface area (Å²) in [5, 5.41) is 0. The van der Waals surface area contributed by atoms with E-state index in [-0.39, 0.29) is 0 Å². The average Bonchev–Trinajstić information content (AvgIpc) is 1.76. The first-order valence-electron chi connectivity index (χ1n) is 4.21. The van der Waals surface area contributed by atoms with Crippen LogP contribution in [0.25, 0.3) is 0 Å². The summed E-state index contributed by atoms with van der Waals surface area (Å²) < 4.78 is 0. The van der Waals surface area contributed by atoms with Crippen molar-refractivity contribution in [1.29, 1.82) is 0 Å². The molecule has 0 heteroatoms. The third-order valence-corrected chi connectivity index (χ3v) is 2.33. The molecule has 0 saturated heterocycles. The van der Waals surface area contributed by atoms with Crippen LogP contribution in [0.3, 0.4) is 0 Å². The molecule has 0 bridgehead atoms. The second-order valence-electron chi connectivity index (χ2n) is 3.14. The molecule has 0 amide bonds. The Bertz CT molecular complexity index is 62.4. The van der Waals surface area contributed by atoms with E-state index in [4.69, 9.17) is 0 Å². The molecule has 0 spiro atoms. The Morgan fingerprint density at radius 1 is 1.44 bits per heavy atom. The summed E-state index contributed by atoms with van der Waals surface area (Å²) in [7, 11) is 0. The molecule has 1 rings (SSSR count). The van der Waals surface area contributed by atoms with E-state index in [2.05, 4.69) is 13.3 Å². The zero-order valence-corrected chi connectivity index (χ0v) is 6.40. The van der Waals surface area contributed by atoms with E-state index in [0.717, 1.165) is 5.92 Å². The van der Waals surface area contributed by atoms with Gasteiger partial charge in [0.1, 0.15) is 0 Å². The third kappa shape index (κ3) is 2.38. The van der Waals surface area contributed by atoms with Crippen molar-refractivity contribution in [3.63, 3.8) is 0 Å². The second kappa shape index (κ2) is 3.92. The molecule has 1 saturated carbocycles. The molecule has 1 aliphatic carbocycles. The van der Waals surface area contributed by atoms with Gasteiger partial charge >= 0.3 is 0 Å². The highest BCUT2D eigenvalue weighted by atomic mass is 14.2. The largest absolute Gasteiger partial charge is 0.0623 e. The van der Waals surface area contributed by atoms with Crippen molar-refractivity contribution in [2.75, 3.05) is 0 Å². The van der Waals surface area contributed by atoms with Gasteiger partial charge in [0.25, 0.3) is 0 Å². The molecular weight excluding hydrogens is 108 g/mol. The summed E-state index contributed by atoms with van der Waals surface area (Å²) in [5.74, 6) is 1.12. The van der Waals surface area contributed by atoms with Gasteiger partial charge in [-0.1, -0.05) is 45.4 Å². The zero-order valence-electron chi connectivity index (χ0n) is 6.40. The van der Waals surface area contributed by atoms with Gasteiger partial charge < -0.3 is 0 Å². The Labute approximate surface area is 58.7 Å². The topological polar surface area (TPSA) is 0 Å². The van der Waals surface area contributed by atoms with Gasteiger partial charge in [-0.3, -0.25) is 0 Å². The molecule has 1 radical (unpaired) electrons. The van der Waals surface area contributed by atoms with Crippen LogP contribution in [0.1, 0.15) is 45.4 Å². The lowest BCUT2D eigenvalue weighted by Gasteiger charge is -2.24. The monoisotopic (exact) mass is 125 g/mol. The van der Waals surface area contributed by atoms with Crippen molar-refractivity contribution >= 4 is 0 Å². The summed E-state index contributed by atoms with van der Waals surface area (Å²) in [4.78, 5) is 0. The fourth-order valence-electron chi connectivity index (χ4n) is 1.39. The minimum absolute atomic E-state index is 1.12. The lowest BCUT2D eigenvalue weighted by molar-refractivity contribution is 0.290. The highest BCUT2D eigenvalue weighted by Crippen LogP contribution is 2.30. The second-order valence-corrected chi connectivity index (χ2v) is 3.14. The van der Waals surface area contributed by atoms with Gasteiger partial charge in [-0.2, -0.15) is 0 Å². The van der Waals surface area contributed by atoms with E-state index in [9.17, 15) is 0 Å². The number of rotatable bonds is 4. The maximum Gasteiger partial charge on any atom is -0.0414 e. The van der Waals surface area contributed by atoms with Gasteiger partial charge in [0, 0.05) is 0 Å². The Kier molecular flexibility index (Phi) is 3.10. The summed E-state index contributed by atoms with van der Waals surface area (Å²) in [6.07, 6.45) is 11.1. The Balaban J connectivity index is 1.80. The fourth-order valence-corrected chi connectivity index (χ4v) is 1.39. The smallest absolute Gasteiger partial charge is 0.0414 e. The van der Waals surface area contributed by atoms with Crippen LogP contribution in [0, 0.1) is 12.3 Å². The first-order chi connectivity index (χ1) is 4.43. The number of hydrogen-bond acceptors (Lipinski definition) is 0. The number of unbranched alkanes of at least 4 members (excludes halogenated alkanes) is 2. The first-order valence-corrected chi connectivity index (χ1v) is 4.21. The lowest BCUT2D eigenvalue weighted by Crippen LogP contribution is -2.10. The van der Waals surface area contributed by atoms with Gasteiger partial charge in [0.2, 0.25) is 0 Å². The molecule has 1 aliphatic rings. The molecule has 0 aliphatic heterocycles. The van der Waals surface area contributed by atoms with Crippen LogP contribution in [0.5, 0.6) is 0 Å². The van der Waals surface area contributed by atoms with Gasteiger partial charge in [0.15, 0.2) is 0 Å². The Morgan fingerprint density at radius 2 is 2.22 bits per heavy atom. The van der Waals surface area contributed by atoms with Crippen LogP contribution < -0.4 is 0 Å². The molecule has 0 aromatic rings. The van der Waals surface area contributed by atoms with Crippen LogP contribution >= 0.6 is 0 Å². The van der Waals surface area contributed by atoms with Crippen molar-refractivity contribution in [3.05, 3.63) is 6.42 Å². The quantitative estimate of drug-likeness (QED) is 0.506. The predicted molar refractivity (Wildman–Crippen MR) is 41.2 cm³/mol. The Morgan fingerprint density at radius 3 is 2.67 bits per heavy atom. The summed E-state index contributed by atoms with van der Waals surface area (Å²) in [6.45, 7) is 2.15. The standard InChI is InChI=1S/C9H17/c1-2-3-4-6-9-7-5-8-9/h2,9H,3-8H2,1H3. The van der Waals surface area contributed by atoms with Gasteiger partial charge in [-0.05, 0) is 12.3 Å². The van der Waals surface area contributed by atoms with Crippen molar-refractivity contribution in [1.82, 2.24) is 0 Å². The maximum absolute atomic E-state index is 2.28. The SMILES string of the molecule is C[CH]CCCC1CCC1. The van der Waals surface area contributed by atoms with Gasteiger partial charge in [-0.15, -0.1) is 0 Å². The molecule has 53 valence electrons. The van der Waals surface area contributed by atoms with Crippen LogP contribution in [-0.4, -0.2) is 0 Å². The van der Waals surface area contributed by atoms with E-state index in [1.165, 1.54) is 38.5 Å². The molecule has 1 fully saturated rings. The Hall–Kier alpha value is 0. The van der Waals surface area contributed by atoms with Crippen molar-refractivity contribution in [2.24, 2.45) is 5.92 Å². The van der Waals surface area contributed by atoms with E-state index in [0.29, 0.717) is 0 Å². The van der Waals surface area contributed by atoms with Crippen LogP contribution in [0.4, 0.5) is 0 Å². The van der Waals surface area contributed by atoms with Gasteiger partial charge in [0.05, 0.1) is 0 Å². The number of hydrogen-bond donors (Lipinski definition) is 0. The van der Waals surface area contributed by atoms with Crippen LogP contribution in [-0.2, 0) is 0 Å². The zero-order chi connectivity index (χ0) is 6.53. The van der Waals surface area contributed by atoms with Gasteiger partial charge in [-0.25, -0.2) is 0 Å². The summed E-state index contributed by atoms with van der Waals surface area (Å²) in [6, 6.07) is 0. The van der Waals surface area contributed by atoms with Crippen molar-refractivity contribution in [3.8, 4) is 0 Å². The summed E-state index contributed by atoms with van der Waals surface area (Å²) in [5.41, 5.74) is 0. The van der Waals surface area contributed by atoms with Crippen molar-refractivity contribution in [2.45, 2.75) is 45.4 Å². The van der Waals surface area contributed by atoms with Crippen LogP contribution in [0.2, 0.25) is 0 Å². The van der Waals surface area contributed by atoms with E-state index < -0.39 is 0 Å². The molecule has 0 aromatic carbocycles. The first kappa shape index (κ1) is 7.11. The maximum atomic E-state index is 2.28. The highest BCUT2D eigenvalue weighted by molar-refractivity contribution is 4.70. The van der Waals surface area contributed by atoms with Crippen molar-refractivity contribution < 1.29 is 0 Å². The normalized spacial score (nSPS) is 19.7. The fraction of sp³-hybridized carbons (Fsp3) is 0.889. The molecular formula is C9H17. The van der Waals surface area contributed by atoms with Crippen LogP contribution in [0.15, 0.2) is 0 Å². The molecule has 0 atom stereocenters. The molecule has 0 nitrogen and oxygen atoms in total. The van der Waals surface area contributed by atoms with E-state index in [1.54, 1.807) is 0 Å². The predicted octanol–water partition coefficient (Wildman–Crippen LogP) is 3.18. The summed E-state index contributed by atoms with van der Waals surface area (Å²) >= 11 is 0. The van der Waals surface area contributed by atoms with E-state index >= 15 is 0 Å². The molecule has 0 aromatic heterocycles. The molecule has 0 unspecified atom stereocenters.